The zero-order valence-electron chi connectivity index (χ0n) is 11.3. The van der Waals surface area contributed by atoms with Crippen molar-refractivity contribution in [2.45, 2.75) is 38.9 Å². The predicted molar refractivity (Wildman–Crippen MR) is 60.6 cm³/mol. The molecule has 0 aromatic carbocycles. The zero-order chi connectivity index (χ0) is 16.0. The van der Waals surface area contributed by atoms with Crippen LogP contribution in [0.5, 0.6) is 0 Å². The van der Waals surface area contributed by atoms with Crippen LogP contribution in [-0.2, 0) is 34.6 Å². The molecule has 1 aliphatic carbocycles. The number of ether oxygens (including phenoxy) is 1. The summed E-state index contributed by atoms with van der Waals surface area (Å²) in [5, 5.41) is 3.17. The summed E-state index contributed by atoms with van der Waals surface area (Å²) < 4.78 is 71.7. The summed E-state index contributed by atoms with van der Waals surface area (Å²) in [6, 6.07) is 0. The molecule has 0 bridgehead atoms. The van der Waals surface area contributed by atoms with Crippen molar-refractivity contribution in [1.29, 1.82) is 0 Å². The summed E-state index contributed by atoms with van der Waals surface area (Å²) in [6.07, 6.45) is -5.27. The highest BCUT2D eigenvalue weighted by Crippen LogP contribution is 2.49. The lowest BCUT2D eigenvalue weighted by Crippen LogP contribution is -2.25. The molecule has 0 saturated heterocycles. The van der Waals surface area contributed by atoms with Crippen LogP contribution < -0.4 is 0 Å². The normalized spacial score (nSPS) is 20.4. The van der Waals surface area contributed by atoms with Crippen LogP contribution >= 0.6 is 0 Å². The van der Waals surface area contributed by atoms with Crippen molar-refractivity contribution in [2.75, 3.05) is 6.61 Å². The summed E-state index contributed by atoms with van der Waals surface area (Å²) in [6.45, 7) is 1.90. The van der Waals surface area contributed by atoms with Gasteiger partial charge in [0.05, 0.1) is 6.61 Å². The maximum absolute atomic E-state index is 14.0. The van der Waals surface area contributed by atoms with Gasteiger partial charge in [0.25, 0.3) is 5.92 Å². The topological polar surface area (TPSA) is 44.1 Å². The molecule has 1 unspecified atom stereocenters. The number of nitrogens with zero attached hydrogens (tertiary/aromatic N) is 2. The summed E-state index contributed by atoms with van der Waals surface area (Å²) >= 11 is 0. The molecular weight excluding hydrogens is 299 g/mol. The van der Waals surface area contributed by atoms with Crippen LogP contribution in [-0.4, -0.2) is 22.4 Å². The second-order valence-corrected chi connectivity index (χ2v) is 4.86. The Hall–Kier alpha value is -1.67. The molecule has 0 spiro atoms. The van der Waals surface area contributed by atoms with Crippen LogP contribution in [0.2, 0.25) is 0 Å². The number of halogens is 5. The predicted octanol–water partition coefficient (Wildman–Crippen LogP) is 2.75. The average molecular weight is 312 g/mol. The molecule has 1 aliphatic rings. The Morgan fingerprint density at radius 2 is 2.10 bits per heavy atom. The summed E-state index contributed by atoms with van der Waals surface area (Å²) in [5.74, 6) is -5.65. The number of fused-ring (bicyclic) bond motifs is 1. The van der Waals surface area contributed by atoms with Gasteiger partial charge in [-0.15, -0.1) is 0 Å². The lowest BCUT2D eigenvalue weighted by molar-refractivity contribution is -0.146. The van der Waals surface area contributed by atoms with Gasteiger partial charge in [-0.3, -0.25) is 9.48 Å². The standard InChI is InChI=1S/C12H13F5N2O2/c1-3-21-8(20)5-19-10-7(4-6(2)11(10,13)14)9(18-19)12(15,16)17/h6H,3-5H2,1-2H3. The van der Waals surface area contributed by atoms with E-state index in [0.29, 0.717) is 4.68 Å². The molecule has 9 heteroatoms. The van der Waals surface area contributed by atoms with Crippen LogP contribution in [0.4, 0.5) is 22.0 Å². The molecule has 1 aromatic rings. The highest BCUT2D eigenvalue weighted by atomic mass is 19.4. The van der Waals surface area contributed by atoms with Crippen LogP contribution in [0.3, 0.4) is 0 Å². The molecule has 0 amide bonds. The largest absolute Gasteiger partial charge is 0.465 e. The summed E-state index contributed by atoms with van der Waals surface area (Å²) in [5.41, 5.74) is -2.73. The minimum Gasteiger partial charge on any atom is -0.465 e. The van der Waals surface area contributed by atoms with Gasteiger partial charge in [0, 0.05) is 11.5 Å². The minimum atomic E-state index is -4.84. The lowest BCUT2D eigenvalue weighted by atomic mass is 10.1. The van der Waals surface area contributed by atoms with Gasteiger partial charge >= 0.3 is 12.1 Å². The van der Waals surface area contributed by atoms with Crippen molar-refractivity contribution in [2.24, 2.45) is 5.92 Å². The second kappa shape index (κ2) is 4.96. The van der Waals surface area contributed by atoms with E-state index in [1.54, 1.807) is 0 Å². The summed E-state index contributed by atoms with van der Waals surface area (Å²) in [4.78, 5) is 11.4. The molecule has 4 nitrogen and oxygen atoms in total. The van der Waals surface area contributed by atoms with Gasteiger partial charge in [0.1, 0.15) is 12.2 Å². The molecule has 0 saturated carbocycles. The molecular formula is C12H13F5N2O2. The van der Waals surface area contributed by atoms with Crippen LogP contribution in [0, 0.1) is 5.92 Å². The number of alkyl halides is 5. The van der Waals surface area contributed by atoms with Gasteiger partial charge in [0.15, 0.2) is 5.69 Å². The first-order valence-corrected chi connectivity index (χ1v) is 6.29. The van der Waals surface area contributed by atoms with E-state index in [-0.39, 0.29) is 6.61 Å². The smallest absolute Gasteiger partial charge is 0.435 e. The van der Waals surface area contributed by atoms with E-state index in [1.165, 1.54) is 6.92 Å². The van der Waals surface area contributed by atoms with E-state index >= 15 is 0 Å². The Bertz CT molecular complexity index is 565. The Labute approximate surface area is 116 Å². The first-order valence-electron chi connectivity index (χ1n) is 6.29. The minimum absolute atomic E-state index is 0.00121. The molecule has 118 valence electrons. The van der Waals surface area contributed by atoms with Crippen molar-refractivity contribution < 1.29 is 31.5 Å². The van der Waals surface area contributed by atoms with E-state index < -0.39 is 53.9 Å². The zero-order valence-corrected chi connectivity index (χ0v) is 11.3. The third kappa shape index (κ3) is 2.60. The van der Waals surface area contributed by atoms with Crippen LogP contribution in [0.25, 0.3) is 0 Å². The fourth-order valence-electron chi connectivity index (χ4n) is 2.40. The third-order valence-electron chi connectivity index (χ3n) is 3.35. The number of carbonyl (C=O) groups excluding carboxylic acids is 1. The van der Waals surface area contributed by atoms with Crippen molar-refractivity contribution in [3.8, 4) is 0 Å². The van der Waals surface area contributed by atoms with E-state index in [1.807, 2.05) is 0 Å². The average Bonchev–Trinajstić information content (AvgIpc) is 2.77. The van der Waals surface area contributed by atoms with Crippen LogP contribution in [0.1, 0.15) is 30.8 Å². The number of carbonyl (C=O) groups is 1. The first kappa shape index (κ1) is 15.7. The van der Waals surface area contributed by atoms with Gasteiger partial charge in [-0.1, -0.05) is 6.92 Å². The lowest BCUT2D eigenvalue weighted by Gasteiger charge is -2.17. The van der Waals surface area contributed by atoms with E-state index in [0.717, 1.165) is 6.92 Å². The Kier molecular flexibility index (Phi) is 3.71. The van der Waals surface area contributed by atoms with Gasteiger partial charge in [-0.05, 0) is 13.3 Å². The van der Waals surface area contributed by atoms with Crippen molar-refractivity contribution in [3.05, 3.63) is 17.0 Å². The Morgan fingerprint density at radius 3 is 2.62 bits per heavy atom. The molecule has 21 heavy (non-hydrogen) atoms. The molecule has 1 aromatic heterocycles. The molecule has 2 rings (SSSR count). The Balaban J connectivity index is 2.50. The van der Waals surface area contributed by atoms with Gasteiger partial charge < -0.3 is 4.74 Å². The molecule has 0 N–H and O–H groups in total. The SMILES string of the molecule is CCOC(=O)Cn1nc(C(F)(F)F)c2c1C(F)(F)C(C)C2. The van der Waals surface area contributed by atoms with E-state index in [4.69, 9.17) is 0 Å². The van der Waals surface area contributed by atoms with E-state index in [9.17, 15) is 26.7 Å². The number of hydrogen-bond acceptors (Lipinski definition) is 3. The highest BCUT2D eigenvalue weighted by Gasteiger charge is 2.54. The molecule has 1 heterocycles. The fraction of sp³-hybridized carbons (Fsp3) is 0.667. The van der Waals surface area contributed by atoms with Gasteiger partial charge in [-0.25, -0.2) is 0 Å². The van der Waals surface area contributed by atoms with E-state index in [2.05, 4.69) is 9.84 Å². The third-order valence-corrected chi connectivity index (χ3v) is 3.35. The molecule has 1 atom stereocenters. The Morgan fingerprint density at radius 1 is 1.48 bits per heavy atom. The molecule has 0 aliphatic heterocycles. The fourth-order valence-corrected chi connectivity index (χ4v) is 2.40. The maximum atomic E-state index is 14.0. The number of esters is 1. The van der Waals surface area contributed by atoms with Gasteiger partial charge in [-0.2, -0.15) is 27.1 Å². The maximum Gasteiger partial charge on any atom is 0.435 e. The van der Waals surface area contributed by atoms with Crippen molar-refractivity contribution >= 4 is 5.97 Å². The van der Waals surface area contributed by atoms with Crippen molar-refractivity contribution in [1.82, 2.24) is 9.78 Å². The second-order valence-electron chi connectivity index (χ2n) is 4.86. The monoisotopic (exact) mass is 312 g/mol. The van der Waals surface area contributed by atoms with Crippen LogP contribution in [0.15, 0.2) is 0 Å². The van der Waals surface area contributed by atoms with Gasteiger partial charge in [0.2, 0.25) is 0 Å². The number of aromatic nitrogens is 2. The highest BCUT2D eigenvalue weighted by molar-refractivity contribution is 5.69. The summed E-state index contributed by atoms with van der Waals surface area (Å²) in [7, 11) is 0. The first-order chi connectivity index (χ1) is 9.59. The quantitative estimate of drug-likeness (QED) is 0.637. The number of rotatable bonds is 3. The molecule has 0 radical (unpaired) electrons. The molecule has 0 fully saturated rings. The number of hydrogen-bond donors (Lipinski definition) is 0. The van der Waals surface area contributed by atoms with Crippen molar-refractivity contribution in [3.63, 3.8) is 0 Å².